The predicted molar refractivity (Wildman–Crippen MR) is 288 cm³/mol. The van der Waals surface area contributed by atoms with Crippen molar-refractivity contribution in [2.45, 2.75) is 10.8 Å². The molecule has 4 aliphatic rings. The van der Waals surface area contributed by atoms with Crippen LogP contribution in [0.3, 0.4) is 0 Å². The summed E-state index contributed by atoms with van der Waals surface area (Å²) in [6.07, 6.45) is 0. The van der Waals surface area contributed by atoms with Crippen molar-refractivity contribution in [1.82, 2.24) is 4.57 Å². The number of rotatable bonds is 4. The fraction of sp³-hybridized carbons (Fsp3) is 0.0294. The van der Waals surface area contributed by atoms with Crippen LogP contribution in [0.25, 0.3) is 72.0 Å². The van der Waals surface area contributed by atoms with Crippen molar-refractivity contribution in [3.05, 3.63) is 299 Å². The highest BCUT2D eigenvalue weighted by atomic mass is 15.1. The second kappa shape index (κ2) is 13.8. The van der Waals surface area contributed by atoms with Gasteiger partial charge in [0.1, 0.15) is 0 Å². The van der Waals surface area contributed by atoms with Crippen LogP contribution < -0.4 is 4.90 Å². The topological polar surface area (TPSA) is 8.17 Å². The number of benzene rings is 11. The fourth-order valence-corrected chi connectivity index (χ4v) is 13.9. The molecule has 324 valence electrons. The highest BCUT2D eigenvalue weighted by Gasteiger charge is 2.53. The van der Waals surface area contributed by atoms with Crippen molar-refractivity contribution in [2.75, 3.05) is 4.90 Å². The molecule has 0 unspecified atom stereocenters. The molecule has 2 heterocycles. The van der Waals surface area contributed by atoms with Crippen LogP contribution in [0.1, 0.15) is 44.5 Å². The van der Waals surface area contributed by atoms with Crippen molar-refractivity contribution in [2.24, 2.45) is 0 Å². The van der Waals surface area contributed by atoms with E-state index in [0.29, 0.717) is 0 Å². The number of fused-ring (bicyclic) bond motifs is 22. The highest BCUT2D eigenvalue weighted by molar-refractivity contribution is 6.13. The third kappa shape index (κ3) is 4.59. The molecule has 3 aliphatic carbocycles. The molecule has 0 radical (unpaired) electrons. The molecule has 16 rings (SSSR count). The Labute approximate surface area is 406 Å². The summed E-state index contributed by atoms with van der Waals surface area (Å²) in [6.45, 7) is 0. The smallest absolute Gasteiger partial charge is 0.0755 e. The van der Waals surface area contributed by atoms with Crippen LogP contribution in [0.2, 0.25) is 0 Å². The van der Waals surface area contributed by atoms with E-state index in [9.17, 15) is 0 Å². The van der Waals surface area contributed by atoms with E-state index < -0.39 is 10.8 Å². The lowest BCUT2D eigenvalue weighted by Crippen LogP contribution is -2.33. The number of para-hydroxylation sites is 2. The van der Waals surface area contributed by atoms with Gasteiger partial charge in [-0.2, -0.15) is 0 Å². The van der Waals surface area contributed by atoms with Crippen LogP contribution in [-0.4, -0.2) is 4.57 Å². The first-order valence-electron chi connectivity index (χ1n) is 24.5. The Kier molecular flexibility index (Phi) is 7.51. The summed E-state index contributed by atoms with van der Waals surface area (Å²) in [5.74, 6) is 0. The van der Waals surface area contributed by atoms with Crippen LogP contribution in [0.4, 0.5) is 17.1 Å². The maximum Gasteiger partial charge on any atom is 0.0755 e. The summed E-state index contributed by atoms with van der Waals surface area (Å²) in [5.41, 5.74) is 26.7. The van der Waals surface area contributed by atoms with E-state index in [1.54, 1.807) is 0 Å². The molecule has 0 atom stereocenters. The van der Waals surface area contributed by atoms with Crippen molar-refractivity contribution >= 4 is 38.9 Å². The van der Waals surface area contributed by atoms with Gasteiger partial charge in [-0.25, -0.2) is 0 Å². The minimum absolute atomic E-state index is 0.478. The lowest BCUT2D eigenvalue weighted by Gasteiger charge is -2.40. The monoisotopic (exact) mass is 886 g/mol. The highest BCUT2D eigenvalue weighted by Crippen LogP contribution is 2.66. The van der Waals surface area contributed by atoms with E-state index in [-0.39, 0.29) is 0 Å². The van der Waals surface area contributed by atoms with Crippen LogP contribution >= 0.6 is 0 Å². The number of hydrogen-bond donors (Lipinski definition) is 0. The molecule has 0 bridgehead atoms. The van der Waals surface area contributed by atoms with Crippen LogP contribution in [0.5, 0.6) is 0 Å². The second-order valence-corrected chi connectivity index (χ2v) is 19.4. The molecular formula is C68H42N2. The molecule has 0 N–H and O–H groups in total. The van der Waals surface area contributed by atoms with Crippen molar-refractivity contribution in [3.8, 4) is 50.2 Å². The Morgan fingerprint density at radius 2 is 0.771 bits per heavy atom. The number of aromatic nitrogens is 1. The van der Waals surface area contributed by atoms with Gasteiger partial charge in [0.2, 0.25) is 0 Å². The third-order valence-corrected chi connectivity index (χ3v) is 16.4. The van der Waals surface area contributed by atoms with Crippen molar-refractivity contribution in [1.29, 1.82) is 0 Å². The zero-order chi connectivity index (χ0) is 45.7. The van der Waals surface area contributed by atoms with Gasteiger partial charge in [-0.3, -0.25) is 0 Å². The normalized spacial score (nSPS) is 14.2. The molecule has 12 aromatic rings. The minimum atomic E-state index is -0.591. The Bertz CT molecular complexity index is 4120. The Morgan fingerprint density at radius 1 is 0.300 bits per heavy atom. The second-order valence-electron chi connectivity index (χ2n) is 19.4. The summed E-state index contributed by atoms with van der Waals surface area (Å²) in [6, 6.07) is 96.1. The van der Waals surface area contributed by atoms with Crippen LogP contribution in [0.15, 0.2) is 255 Å². The van der Waals surface area contributed by atoms with Gasteiger partial charge in [0, 0.05) is 27.7 Å². The standard InChI is InChI=1S/C68H42N2/c1-2-19-43(20-3-1)44-21-16-22-45(41-44)69(64-38-18-35-59-65(64)53-28-8-14-34-58(53)67(59)54-30-10-4-23-47(54)48-24-5-11-31-55(48)67)46-39-40-63-61(42-46)68(56-32-12-6-25-49(56)50-26-7-13-33-57(50)68)60-36-17-29-52-51-27-9-15-37-62(51)70(63)66(52)60/h1-42H. The summed E-state index contributed by atoms with van der Waals surface area (Å²) in [4.78, 5) is 2.57. The van der Waals surface area contributed by atoms with E-state index in [1.165, 1.54) is 117 Å². The van der Waals surface area contributed by atoms with Crippen LogP contribution in [-0.2, 0) is 10.8 Å². The van der Waals surface area contributed by atoms with E-state index in [2.05, 4.69) is 264 Å². The minimum Gasteiger partial charge on any atom is -0.310 e. The number of nitrogens with zero attached hydrogens (tertiary/aromatic N) is 2. The average Bonchev–Trinajstić information content (AvgIpc) is 4.13. The molecule has 2 nitrogen and oxygen atoms in total. The first kappa shape index (κ1) is 38.0. The van der Waals surface area contributed by atoms with E-state index in [4.69, 9.17) is 0 Å². The molecule has 70 heavy (non-hydrogen) atoms. The quantitative estimate of drug-likeness (QED) is 0.171. The SMILES string of the molecule is c1ccc(-c2cccc(N(c3ccc4c(c3)C3(c5ccccc5-c5ccccc53)c3cccc5c6ccccc6n-4c35)c3cccc4c3-c3ccccc3C43c4ccccc4-c4ccccc43)c2)cc1. The summed E-state index contributed by atoms with van der Waals surface area (Å²) < 4.78 is 2.56. The maximum absolute atomic E-state index is 2.57. The largest absolute Gasteiger partial charge is 0.310 e. The van der Waals surface area contributed by atoms with E-state index >= 15 is 0 Å². The first-order chi connectivity index (χ1) is 34.8. The van der Waals surface area contributed by atoms with Crippen molar-refractivity contribution in [3.63, 3.8) is 0 Å². The van der Waals surface area contributed by atoms with Crippen molar-refractivity contribution < 1.29 is 0 Å². The zero-order valence-electron chi connectivity index (χ0n) is 38.1. The first-order valence-corrected chi connectivity index (χ1v) is 24.5. The predicted octanol–water partition coefficient (Wildman–Crippen LogP) is 16.9. The Morgan fingerprint density at radius 3 is 1.44 bits per heavy atom. The third-order valence-electron chi connectivity index (χ3n) is 16.4. The summed E-state index contributed by atoms with van der Waals surface area (Å²) in [5, 5.41) is 2.55. The Hall–Kier alpha value is -8.98. The molecule has 11 aromatic carbocycles. The molecule has 0 fully saturated rings. The molecule has 1 aromatic heterocycles. The summed E-state index contributed by atoms with van der Waals surface area (Å²) >= 11 is 0. The lowest BCUT2D eigenvalue weighted by molar-refractivity contribution is 0.748. The van der Waals surface area contributed by atoms with Gasteiger partial charge in [0.05, 0.1) is 33.2 Å². The Balaban J connectivity index is 1.03. The van der Waals surface area contributed by atoms with Gasteiger partial charge in [-0.1, -0.05) is 212 Å². The van der Waals surface area contributed by atoms with E-state index in [0.717, 1.165) is 17.1 Å². The lowest BCUT2D eigenvalue weighted by atomic mass is 9.65. The van der Waals surface area contributed by atoms with Gasteiger partial charge in [0.15, 0.2) is 0 Å². The molecular weight excluding hydrogens is 845 g/mol. The molecule has 2 heteroatoms. The van der Waals surface area contributed by atoms with Gasteiger partial charge >= 0.3 is 0 Å². The van der Waals surface area contributed by atoms with Crippen LogP contribution in [0, 0.1) is 0 Å². The van der Waals surface area contributed by atoms with Gasteiger partial charge < -0.3 is 9.47 Å². The molecule has 0 saturated heterocycles. The van der Waals surface area contributed by atoms with Gasteiger partial charge in [-0.15, -0.1) is 0 Å². The average molecular weight is 887 g/mol. The van der Waals surface area contributed by atoms with Gasteiger partial charge in [0.25, 0.3) is 0 Å². The molecule has 1 aliphatic heterocycles. The van der Waals surface area contributed by atoms with Gasteiger partial charge in [-0.05, 0) is 126 Å². The zero-order valence-corrected chi connectivity index (χ0v) is 38.1. The molecule has 0 amide bonds. The van der Waals surface area contributed by atoms with E-state index in [1.807, 2.05) is 0 Å². The summed E-state index contributed by atoms with van der Waals surface area (Å²) in [7, 11) is 0. The number of hydrogen-bond acceptors (Lipinski definition) is 1. The number of anilines is 3. The fourth-order valence-electron chi connectivity index (χ4n) is 13.9. The maximum atomic E-state index is 2.57. The molecule has 2 spiro atoms. The molecule has 0 saturated carbocycles.